The molecule has 3 rings (SSSR count). The first-order valence-corrected chi connectivity index (χ1v) is 9.25. The highest BCUT2D eigenvalue weighted by molar-refractivity contribution is 5.90. The maximum Gasteiger partial charge on any atom is 0.211 e. The number of hydrogen-bond acceptors (Lipinski definition) is 8. The van der Waals surface area contributed by atoms with Crippen LogP contribution < -0.4 is 10.5 Å². The van der Waals surface area contributed by atoms with Crippen LogP contribution in [0.25, 0.3) is 0 Å². The third kappa shape index (κ3) is 4.23. The third-order valence-corrected chi connectivity index (χ3v) is 4.82. The van der Waals surface area contributed by atoms with Crippen LogP contribution in [0.15, 0.2) is 23.4 Å². The second-order valence-electron chi connectivity index (χ2n) is 6.90. The molecule has 0 unspecified atom stereocenters. The molecular weight excluding hydrogens is 360 g/mol. The number of ether oxygens (including phenoxy) is 3. The van der Waals surface area contributed by atoms with E-state index in [4.69, 9.17) is 25.2 Å². The van der Waals surface area contributed by atoms with Gasteiger partial charge in [-0.25, -0.2) is 0 Å². The molecule has 0 aliphatic carbocycles. The van der Waals surface area contributed by atoms with E-state index in [2.05, 4.69) is 15.4 Å². The molecule has 0 atom stereocenters. The van der Waals surface area contributed by atoms with Gasteiger partial charge in [-0.1, -0.05) is 5.16 Å². The summed E-state index contributed by atoms with van der Waals surface area (Å²) in [6.45, 7) is 7.34. The number of nitrogens with zero attached hydrogens (tertiary/aromatic N) is 3. The smallest absolute Gasteiger partial charge is 0.211 e. The molecule has 8 nitrogen and oxygen atoms in total. The lowest BCUT2D eigenvalue weighted by Crippen LogP contribution is -2.24. The van der Waals surface area contributed by atoms with Crippen molar-refractivity contribution < 1.29 is 19.4 Å². The Balaban J connectivity index is 1.57. The Morgan fingerprint density at radius 1 is 1.29 bits per heavy atom. The molecule has 2 aromatic rings. The molecule has 3 N–H and O–H groups in total. The Hall–Kier alpha value is -2.71. The van der Waals surface area contributed by atoms with Gasteiger partial charge in [-0.15, -0.1) is 5.10 Å². The molecular formula is C20H26N4O4. The summed E-state index contributed by atoms with van der Waals surface area (Å²) in [6, 6.07) is 5.65. The van der Waals surface area contributed by atoms with Gasteiger partial charge in [0.25, 0.3) is 0 Å². The van der Waals surface area contributed by atoms with E-state index in [0.717, 1.165) is 35.4 Å². The van der Waals surface area contributed by atoms with Crippen molar-refractivity contribution in [2.24, 2.45) is 5.16 Å². The molecule has 150 valence electrons. The Morgan fingerprint density at radius 2 is 2.04 bits per heavy atom. The van der Waals surface area contributed by atoms with Crippen LogP contribution in [0, 0.1) is 13.8 Å². The van der Waals surface area contributed by atoms with Gasteiger partial charge in [0.15, 0.2) is 0 Å². The molecule has 8 heteroatoms. The fourth-order valence-corrected chi connectivity index (χ4v) is 3.29. The van der Waals surface area contributed by atoms with Crippen LogP contribution in [0.5, 0.6) is 5.75 Å². The topological polar surface area (TPSA) is 112 Å². The monoisotopic (exact) mass is 386 g/mol. The minimum absolute atomic E-state index is 0.522. The first-order valence-electron chi connectivity index (χ1n) is 9.25. The average molecular weight is 386 g/mol. The van der Waals surface area contributed by atoms with E-state index in [1.165, 1.54) is 6.21 Å². The lowest BCUT2D eigenvalue weighted by Gasteiger charge is -2.20. The summed E-state index contributed by atoms with van der Waals surface area (Å²) in [4.78, 5) is 0. The third-order valence-electron chi connectivity index (χ3n) is 4.82. The van der Waals surface area contributed by atoms with Crippen LogP contribution in [-0.2, 0) is 21.7 Å². The van der Waals surface area contributed by atoms with Gasteiger partial charge in [0, 0.05) is 16.8 Å². The zero-order chi connectivity index (χ0) is 20.1. The van der Waals surface area contributed by atoms with Crippen molar-refractivity contribution in [1.29, 1.82) is 0 Å². The number of nitrogens with two attached hydrogens (primary N) is 1. The summed E-state index contributed by atoms with van der Waals surface area (Å²) in [6.07, 6.45) is 2.85. The van der Waals surface area contributed by atoms with Gasteiger partial charge in [-0.05, 0) is 57.4 Å². The number of oxime groups is 1. The SMILES string of the molecule is Cc1cc(N)c(/C=N\O)c(C)c1OCCCc1ccc(C2(C)OCCO2)nn1. The van der Waals surface area contributed by atoms with Gasteiger partial charge >= 0.3 is 0 Å². The van der Waals surface area contributed by atoms with Crippen LogP contribution in [0.2, 0.25) is 0 Å². The van der Waals surface area contributed by atoms with Gasteiger partial charge in [0.2, 0.25) is 5.79 Å². The fourth-order valence-electron chi connectivity index (χ4n) is 3.29. The Morgan fingerprint density at radius 3 is 2.68 bits per heavy atom. The Kier molecular flexibility index (Phi) is 6.11. The summed E-state index contributed by atoms with van der Waals surface area (Å²) in [5, 5.41) is 20.4. The van der Waals surface area contributed by atoms with Gasteiger partial charge in [0.1, 0.15) is 11.4 Å². The number of benzene rings is 1. The van der Waals surface area contributed by atoms with Crippen molar-refractivity contribution in [2.75, 3.05) is 25.6 Å². The normalized spacial score (nSPS) is 16.0. The number of rotatable bonds is 7. The quantitative estimate of drug-likeness (QED) is 0.247. The van der Waals surface area contributed by atoms with Crippen LogP contribution in [0.4, 0.5) is 5.69 Å². The van der Waals surface area contributed by atoms with E-state index >= 15 is 0 Å². The maximum absolute atomic E-state index is 8.82. The van der Waals surface area contributed by atoms with E-state index in [1.54, 1.807) is 0 Å². The summed E-state index contributed by atoms with van der Waals surface area (Å²) < 4.78 is 17.2. The molecule has 0 spiro atoms. The second kappa shape index (κ2) is 8.53. The molecule has 1 aromatic carbocycles. The zero-order valence-electron chi connectivity index (χ0n) is 16.4. The Labute approximate surface area is 164 Å². The van der Waals surface area contributed by atoms with Crippen molar-refractivity contribution in [3.05, 3.63) is 46.3 Å². The van der Waals surface area contributed by atoms with Crippen LogP contribution in [-0.4, -0.2) is 41.4 Å². The predicted octanol–water partition coefficient (Wildman–Crippen LogP) is 2.71. The van der Waals surface area contributed by atoms with E-state index in [0.29, 0.717) is 36.8 Å². The fraction of sp³-hybridized carbons (Fsp3) is 0.450. The minimum Gasteiger partial charge on any atom is -0.493 e. The maximum atomic E-state index is 8.82. The van der Waals surface area contributed by atoms with Crippen LogP contribution >= 0.6 is 0 Å². The van der Waals surface area contributed by atoms with Gasteiger partial charge < -0.3 is 25.2 Å². The summed E-state index contributed by atoms with van der Waals surface area (Å²) in [5.41, 5.74) is 10.6. The average Bonchev–Trinajstić information content (AvgIpc) is 3.12. The van der Waals surface area contributed by atoms with Crippen molar-refractivity contribution in [3.8, 4) is 5.75 Å². The molecule has 28 heavy (non-hydrogen) atoms. The standard InChI is InChI=1S/C20H26N4O4/c1-13-11-17(21)16(12-22-25)14(2)19(13)26-8-4-5-15-6-7-18(24-23-15)20(3)27-9-10-28-20/h6-7,11-12,25H,4-5,8-10,21H2,1-3H3/b22-12-. The largest absolute Gasteiger partial charge is 0.493 e. The van der Waals surface area contributed by atoms with E-state index in [9.17, 15) is 0 Å². The molecule has 0 bridgehead atoms. The van der Waals surface area contributed by atoms with E-state index in [1.807, 2.05) is 39.0 Å². The van der Waals surface area contributed by atoms with Gasteiger partial charge in [-0.3, -0.25) is 0 Å². The highest BCUT2D eigenvalue weighted by Crippen LogP contribution is 2.30. The van der Waals surface area contributed by atoms with Crippen molar-refractivity contribution in [3.63, 3.8) is 0 Å². The molecule has 1 aromatic heterocycles. The van der Waals surface area contributed by atoms with Gasteiger partial charge in [0.05, 0.1) is 31.7 Å². The van der Waals surface area contributed by atoms with E-state index < -0.39 is 5.79 Å². The first-order chi connectivity index (χ1) is 13.4. The zero-order valence-corrected chi connectivity index (χ0v) is 16.4. The summed E-state index contributed by atoms with van der Waals surface area (Å²) >= 11 is 0. The highest BCUT2D eigenvalue weighted by atomic mass is 16.7. The number of aryl methyl sites for hydroxylation is 2. The first kappa shape index (κ1) is 20.0. The molecule has 1 aliphatic rings. The number of nitrogen functional groups attached to an aromatic ring is 1. The molecule has 2 heterocycles. The predicted molar refractivity (Wildman–Crippen MR) is 105 cm³/mol. The molecule has 1 fully saturated rings. The lowest BCUT2D eigenvalue weighted by atomic mass is 10.0. The molecule has 0 radical (unpaired) electrons. The molecule has 1 saturated heterocycles. The van der Waals surface area contributed by atoms with Gasteiger partial charge in [-0.2, -0.15) is 5.10 Å². The molecule has 1 aliphatic heterocycles. The number of anilines is 1. The van der Waals surface area contributed by atoms with Crippen molar-refractivity contribution in [1.82, 2.24) is 10.2 Å². The summed E-state index contributed by atoms with van der Waals surface area (Å²) in [5.74, 6) is -0.0389. The summed E-state index contributed by atoms with van der Waals surface area (Å²) in [7, 11) is 0. The second-order valence-corrected chi connectivity index (χ2v) is 6.90. The van der Waals surface area contributed by atoms with Crippen LogP contribution in [0.1, 0.15) is 41.4 Å². The van der Waals surface area contributed by atoms with Crippen molar-refractivity contribution in [2.45, 2.75) is 39.4 Å². The lowest BCUT2D eigenvalue weighted by molar-refractivity contribution is -0.153. The Bertz CT molecular complexity index is 846. The number of aromatic nitrogens is 2. The minimum atomic E-state index is -0.797. The van der Waals surface area contributed by atoms with Crippen molar-refractivity contribution >= 4 is 11.9 Å². The van der Waals surface area contributed by atoms with Crippen LogP contribution in [0.3, 0.4) is 0 Å². The van der Waals surface area contributed by atoms with E-state index in [-0.39, 0.29) is 0 Å². The highest BCUT2D eigenvalue weighted by Gasteiger charge is 2.34. The number of hydrogen-bond donors (Lipinski definition) is 2. The molecule has 0 saturated carbocycles. The molecule has 0 amide bonds.